The van der Waals surface area contributed by atoms with Crippen molar-refractivity contribution in [1.29, 1.82) is 0 Å². The van der Waals surface area contributed by atoms with Crippen LogP contribution in [0.5, 0.6) is 0 Å². The summed E-state index contributed by atoms with van der Waals surface area (Å²) in [5.74, 6) is -0.266. The molecule has 0 spiro atoms. The van der Waals surface area contributed by atoms with Gasteiger partial charge < -0.3 is 4.90 Å². The third-order valence-electron chi connectivity index (χ3n) is 3.62. The fourth-order valence-corrected chi connectivity index (χ4v) is 3.73. The monoisotopic (exact) mass is 342 g/mol. The Bertz CT molecular complexity index is 795. The lowest BCUT2D eigenvalue weighted by Gasteiger charge is -2.20. The molecule has 110 valence electrons. The van der Waals surface area contributed by atoms with Crippen LogP contribution in [0.3, 0.4) is 0 Å². The van der Waals surface area contributed by atoms with Gasteiger partial charge in [-0.05, 0) is 23.8 Å². The summed E-state index contributed by atoms with van der Waals surface area (Å²) in [4.78, 5) is 26.0. The average Bonchev–Trinajstić information content (AvgIpc) is 2.88. The fraction of sp³-hybridized carbons (Fsp3) is 0.286. The second kappa shape index (κ2) is 4.87. The van der Waals surface area contributed by atoms with Crippen LogP contribution in [0.2, 0.25) is 10.0 Å². The van der Waals surface area contributed by atoms with Crippen LogP contribution in [-0.4, -0.2) is 16.8 Å². The van der Waals surface area contributed by atoms with Gasteiger partial charge in [-0.15, -0.1) is 0 Å². The van der Waals surface area contributed by atoms with Crippen molar-refractivity contribution >= 4 is 46.3 Å². The average molecular weight is 343 g/mol. The Kier molecular flexibility index (Phi) is 3.39. The molecule has 0 unspecified atom stereocenters. The number of aromatic amines is 1. The lowest BCUT2D eigenvalue weighted by molar-refractivity contribution is 0.0990. The first-order valence-electron chi connectivity index (χ1n) is 6.30. The number of carbonyl (C=O) groups is 1. The number of nitrogens with zero attached hydrogens (tertiary/aromatic N) is 1. The molecule has 0 atom stereocenters. The van der Waals surface area contributed by atoms with Gasteiger partial charge in [-0.3, -0.25) is 14.0 Å². The number of aromatic nitrogens is 1. The Morgan fingerprint density at radius 3 is 2.71 bits per heavy atom. The maximum absolute atomic E-state index is 12.7. The largest absolute Gasteiger partial charge is 0.306 e. The molecule has 1 aromatic carbocycles. The molecule has 0 aliphatic carbocycles. The molecule has 1 N–H and O–H groups in total. The van der Waals surface area contributed by atoms with Crippen molar-refractivity contribution in [3.05, 3.63) is 49.0 Å². The number of H-pyrrole nitrogens is 1. The van der Waals surface area contributed by atoms with E-state index in [-0.39, 0.29) is 21.2 Å². The van der Waals surface area contributed by atoms with Crippen molar-refractivity contribution in [2.45, 2.75) is 19.3 Å². The molecule has 0 saturated carbocycles. The standard InChI is InChI=1S/C14H12Cl2N2O2S/c1-14(2)6-18(9-4-3-7(15)5-8(9)14)13(20)11-10(16)12(19)17-21-11/h3-5H,6H2,1-2H3,(H,17,19). The lowest BCUT2D eigenvalue weighted by atomic mass is 9.87. The summed E-state index contributed by atoms with van der Waals surface area (Å²) in [6.07, 6.45) is 0. The molecule has 0 saturated heterocycles. The van der Waals surface area contributed by atoms with Crippen molar-refractivity contribution in [2.24, 2.45) is 0 Å². The predicted molar refractivity (Wildman–Crippen MR) is 86.1 cm³/mol. The van der Waals surface area contributed by atoms with Crippen LogP contribution in [0.4, 0.5) is 5.69 Å². The van der Waals surface area contributed by atoms with Crippen molar-refractivity contribution in [2.75, 3.05) is 11.4 Å². The number of halogens is 2. The number of rotatable bonds is 1. The van der Waals surface area contributed by atoms with Crippen molar-refractivity contribution < 1.29 is 4.79 Å². The van der Waals surface area contributed by atoms with E-state index < -0.39 is 5.56 Å². The smallest absolute Gasteiger partial charge is 0.277 e. The molecule has 3 rings (SSSR count). The third kappa shape index (κ3) is 2.29. The first-order chi connectivity index (χ1) is 9.81. The molecule has 21 heavy (non-hydrogen) atoms. The van der Waals surface area contributed by atoms with E-state index in [0.717, 1.165) is 22.8 Å². The molecule has 1 aliphatic rings. The van der Waals surface area contributed by atoms with E-state index in [0.29, 0.717) is 11.6 Å². The molecule has 4 nitrogen and oxygen atoms in total. The Labute approximate surface area is 135 Å². The summed E-state index contributed by atoms with van der Waals surface area (Å²) >= 11 is 12.9. The van der Waals surface area contributed by atoms with Gasteiger partial charge in [-0.1, -0.05) is 48.6 Å². The number of nitrogens with one attached hydrogen (secondary N) is 1. The molecular weight excluding hydrogens is 331 g/mol. The molecule has 0 fully saturated rings. The molecule has 1 aromatic heterocycles. The van der Waals surface area contributed by atoms with Gasteiger partial charge in [0.2, 0.25) is 0 Å². The number of anilines is 1. The van der Waals surface area contributed by atoms with E-state index in [4.69, 9.17) is 23.2 Å². The minimum Gasteiger partial charge on any atom is -0.306 e. The van der Waals surface area contributed by atoms with Gasteiger partial charge >= 0.3 is 0 Å². The molecule has 2 aromatic rings. The maximum atomic E-state index is 12.7. The third-order valence-corrected chi connectivity index (χ3v) is 5.19. The molecule has 1 aliphatic heterocycles. The number of hydrogen-bond donors (Lipinski definition) is 1. The number of benzene rings is 1. The normalized spacial score (nSPS) is 16.1. The summed E-state index contributed by atoms with van der Waals surface area (Å²) in [7, 11) is 0. The molecular formula is C14H12Cl2N2O2S. The minimum atomic E-state index is -0.431. The van der Waals surface area contributed by atoms with E-state index in [1.807, 2.05) is 12.1 Å². The Morgan fingerprint density at radius 2 is 2.10 bits per heavy atom. The maximum Gasteiger partial charge on any atom is 0.277 e. The highest BCUT2D eigenvalue weighted by Crippen LogP contribution is 2.42. The summed E-state index contributed by atoms with van der Waals surface area (Å²) in [5.41, 5.74) is 1.19. The van der Waals surface area contributed by atoms with Crippen LogP contribution in [0, 0.1) is 0 Å². The number of hydrogen-bond acceptors (Lipinski definition) is 3. The zero-order chi connectivity index (χ0) is 15.4. The van der Waals surface area contributed by atoms with E-state index in [1.165, 1.54) is 0 Å². The number of carbonyl (C=O) groups excluding carboxylic acids is 1. The van der Waals surface area contributed by atoms with Gasteiger partial charge in [0.25, 0.3) is 11.5 Å². The number of amides is 1. The van der Waals surface area contributed by atoms with Crippen LogP contribution in [0.25, 0.3) is 0 Å². The van der Waals surface area contributed by atoms with Crippen molar-refractivity contribution in [3.8, 4) is 0 Å². The van der Waals surface area contributed by atoms with Crippen LogP contribution < -0.4 is 10.5 Å². The highest BCUT2D eigenvalue weighted by Gasteiger charge is 2.39. The highest BCUT2D eigenvalue weighted by atomic mass is 35.5. The molecule has 0 bridgehead atoms. The van der Waals surface area contributed by atoms with Gasteiger partial charge in [-0.25, -0.2) is 0 Å². The van der Waals surface area contributed by atoms with E-state index in [2.05, 4.69) is 18.2 Å². The van der Waals surface area contributed by atoms with Crippen molar-refractivity contribution in [3.63, 3.8) is 0 Å². The Morgan fingerprint density at radius 1 is 1.38 bits per heavy atom. The molecule has 2 heterocycles. The van der Waals surface area contributed by atoms with Crippen molar-refractivity contribution in [1.82, 2.24) is 4.37 Å². The van der Waals surface area contributed by atoms with E-state index >= 15 is 0 Å². The minimum absolute atomic E-state index is 0.0507. The first-order valence-corrected chi connectivity index (χ1v) is 7.87. The van der Waals surface area contributed by atoms with Crippen LogP contribution >= 0.6 is 34.7 Å². The summed E-state index contributed by atoms with van der Waals surface area (Å²) in [6, 6.07) is 5.46. The zero-order valence-electron chi connectivity index (χ0n) is 11.4. The van der Waals surface area contributed by atoms with Crippen LogP contribution in [-0.2, 0) is 5.41 Å². The van der Waals surface area contributed by atoms with E-state index in [9.17, 15) is 9.59 Å². The van der Waals surface area contributed by atoms with E-state index in [1.54, 1.807) is 11.0 Å². The molecule has 0 radical (unpaired) electrons. The van der Waals surface area contributed by atoms with Gasteiger partial charge in [0, 0.05) is 22.7 Å². The molecule has 7 heteroatoms. The van der Waals surface area contributed by atoms with Gasteiger partial charge in [-0.2, -0.15) is 0 Å². The SMILES string of the molecule is CC1(C)CN(C(=O)c2s[nH]c(=O)c2Cl)c2ccc(Cl)cc21. The topological polar surface area (TPSA) is 53.2 Å². The fourth-order valence-electron chi connectivity index (χ4n) is 2.58. The first kappa shape index (κ1) is 14.6. The zero-order valence-corrected chi connectivity index (χ0v) is 13.7. The molecule has 1 amide bonds. The summed E-state index contributed by atoms with van der Waals surface area (Å²) in [5, 5.41) is 0.589. The second-order valence-electron chi connectivity index (χ2n) is 5.61. The number of fused-ring (bicyclic) bond motifs is 1. The van der Waals surface area contributed by atoms with Gasteiger partial charge in [0.05, 0.1) is 0 Å². The highest BCUT2D eigenvalue weighted by molar-refractivity contribution is 7.08. The quantitative estimate of drug-likeness (QED) is 0.859. The summed E-state index contributed by atoms with van der Waals surface area (Å²) in [6.45, 7) is 4.62. The van der Waals surface area contributed by atoms with Crippen LogP contribution in [0.1, 0.15) is 29.1 Å². The summed E-state index contributed by atoms with van der Waals surface area (Å²) < 4.78 is 2.48. The second-order valence-corrected chi connectivity index (χ2v) is 7.24. The van der Waals surface area contributed by atoms with Gasteiger partial charge in [0.1, 0.15) is 9.90 Å². The van der Waals surface area contributed by atoms with Gasteiger partial charge in [0.15, 0.2) is 0 Å². The Balaban J connectivity index is 2.08. The lowest BCUT2D eigenvalue weighted by Crippen LogP contribution is -2.33. The Hall–Kier alpha value is -1.30. The predicted octanol–water partition coefficient (Wildman–Crippen LogP) is 3.68. The van der Waals surface area contributed by atoms with Crippen LogP contribution in [0.15, 0.2) is 23.0 Å².